The standard InChI is InChI=1S/C9H6F2N2O/c1-5-3-13-8(9(10)11)6(2-12)7(5)4-14/h3-4,9H,1H3. The molecule has 3 nitrogen and oxygen atoms in total. The average molecular weight is 196 g/mol. The molecule has 0 atom stereocenters. The van der Waals surface area contributed by atoms with E-state index in [4.69, 9.17) is 5.26 Å². The van der Waals surface area contributed by atoms with Crippen LogP contribution in [0.25, 0.3) is 0 Å². The van der Waals surface area contributed by atoms with Gasteiger partial charge in [0.05, 0.1) is 5.56 Å². The molecule has 0 saturated heterocycles. The summed E-state index contributed by atoms with van der Waals surface area (Å²) in [7, 11) is 0. The Bertz CT molecular complexity index is 410. The fraction of sp³-hybridized carbons (Fsp3) is 0.222. The van der Waals surface area contributed by atoms with Crippen LogP contribution in [0, 0.1) is 18.3 Å². The molecule has 5 heteroatoms. The average Bonchev–Trinajstić information content (AvgIpc) is 2.16. The Morgan fingerprint density at radius 1 is 1.64 bits per heavy atom. The summed E-state index contributed by atoms with van der Waals surface area (Å²) in [5.41, 5.74) is -0.575. The Balaban J connectivity index is 3.50. The Kier molecular flexibility index (Phi) is 2.87. The van der Waals surface area contributed by atoms with E-state index in [1.165, 1.54) is 6.92 Å². The van der Waals surface area contributed by atoms with E-state index in [0.717, 1.165) is 6.20 Å². The van der Waals surface area contributed by atoms with Gasteiger partial charge in [-0.1, -0.05) is 0 Å². The molecule has 0 fully saturated rings. The number of alkyl halides is 2. The minimum Gasteiger partial charge on any atom is -0.298 e. The van der Waals surface area contributed by atoms with E-state index in [1.807, 2.05) is 0 Å². The predicted octanol–water partition coefficient (Wildman–Crippen LogP) is 2.01. The number of rotatable bonds is 2. The van der Waals surface area contributed by atoms with Gasteiger partial charge in [0.15, 0.2) is 6.29 Å². The first-order valence-electron chi connectivity index (χ1n) is 3.74. The van der Waals surface area contributed by atoms with E-state index >= 15 is 0 Å². The van der Waals surface area contributed by atoms with Crippen LogP contribution >= 0.6 is 0 Å². The minimum atomic E-state index is -2.84. The lowest BCUT2D eigenvalue weighted by atomic mass is 10.0. The normalized spacial score (nSPS) is 9.93. The van der Waals surface area contributed by atoms with E-state index in [-0.39, 0.29) is 11.1 Å². The number of hydrogen-bond donors (Lipinski definition) is 0. The summed E-state index contributed by atoms with van der Waals surface area (Å²) in [5.74, 6) is 0. The van der Waals surface area contributed by atoms with E-state index < -0.39 is 12.1 Å². The highest BCUT2D eigenvalue weighted by atomic mass is 19.3. The van der Waals surface area contributed by atoms with Crippen molar-refractivity contribution in [1.82, 2.24) is 4.98 Å². The van der Waals surface area contributed by atoms with Crippen LogP contribution in [-0.4, -0.2) is 11.3 Å². The first-order valence-corrected chi connectivity index (χ1v) is 3.74. The lowest BCUT2D eigenvalue weighted by Crippen LogP contribution is -2.02. The van der Waals surface area contributed by atoms with Gasteiger partial charge in [0, 0.05) is 11.8 Å². The molecule has 0 aliphatic rings. The van der Waals surface area contributed by atoms with E-state index in [2.05, 4.69) is 4.98 Å². The molecule has 0 aliphatic heterocycles. The molecule has 0 unspecified atom stereocenters. The maximum atomic E-state index is 12.3. The monoisotopic (exact) mass is 196 g/mol. The van der Waals surface area contributed by atoms with Crippen molar-refractivity contribution in [3.05, 3.63) is 28.6 Å². The van der Waals surface area contributed by atoms with Crippen molar-refractivity contribution in [2.75, 3.05) is 0 Å². The highest BCUT2D eigenvalue weighted by molar-refractivity contribution is 5.81. The second-order valence-electron chi connectivity index (χ2n) is 2.65. The Morgan fingerprint density at radius 2 is 2.29 bits per heavy atom. The zero-order valence-corrected chi connectivity index (χ0v) is 7.29. The predicted molar refractivity (Wildman–Crippen MR) is 44.0 cm³/mol. The van der Waals surface area contributed by atoms with Gasteiger partial charge >= 0.3 is 0 Å². The number of nitrogens with zero attached hydrogens (tertiary/aromatic N) is 2. The molecule has 0 spiro atoms. The SMILES string of the molecule is Cc1cnc(C(F)F)c(C#N)c1C=O. The highest BCUT2D eigenvalue weighted by Gasteiger charge is 2.18. The van der Waals surface area contributed by atoms with Crippen LogP contribution in [0.15, 0.2) is 6.20 Å². The maximum absolute atomic E-state index is 12.3. The van der Waals surface area contributed by atoms with E-state index in [1.54, 1.807) is 6.07 Å². The number of hydrogen-bond acceptors (Lipinski definition) is 3. The molecule has 1 rings (SSSR count). The molecule has 72 valence electrons. The third kappa shape index (κ3) is 1.59. The van der Waals surface area contributed by atoms with Crippen molar-refractivity contribution in [3.63, 3.8) is 0 Å². The highest BCUT2D eigenvalue weighted by Crippen LogP contribution is 2.23. The number of carbonyl (C=O) groups excluding carboxylic acids is 1. The topological polar surface area (TPSA) is 53.8 Å². The van der Waals surface area contributed by atoms with Gasteiger partial charge in [0.1, 0.15) is 11.8 Å². The van der Waals surface area contributed by atoms with E-state index in [0.29, 0.717) is 11.8 Å². The van der Waals surface area contributed by atoms with Gasteiger partial charge < -0.3 is 0 Å². The second kappa shape index (κ2) is 3.92. The van der Waals surface area contributed by atoms with Crippen LogP contribution < -0.4 is 0 Å². The maximum Gasteiger partial charge on any atom is 0.281 e. The fourth-order valence-electron chi connectivity index (χ4n) is 1.07. The van der Waals surface area contributed by atoms with Crippen LogP contribution in [0.5, 0.6) is 0 Å². The fourth-order valence-corrected chi connectivity index (χ4v) is 1.07. The van der Waals surface area contributed by atoms with Gasteiger partial charge in [-0.2, -0.15) is 5.26 Å². The van der Waals surface area contributed by atoms with Crippen LogP contribution in [0.2, 0.25) is 0 Å². The molecule has 1 heterocycles. The summed E-state index contributed by atoms with van der Waals surface area (Å²) in [5, 5.41) is 8.62. The minimum absolute atomic E-state index is 0.0159. The Labute approximate surface area is 79.0 Å². The number of halogens is 2. The van der Waals surface area contributed by atoms with Crippen molar-refractivity contribution >= 4 is 6.29 Å². The van der Waals surface area contributed by atoms with Gasteiger partial charge in [0.25, 0.3) is 6.43 Å². The quantitative estimate of drug-likeness (QED) is 0.680. The third-order valence-electron chi connectivity index (χ3n) is 1.78. The van der Waals surface area contributed by atoms with Gasteiger partial charge in [-0.15, -0.1) is 0 Å². The number of carbonyl (C=O) groups is 1. The Morgan fingerprint density at radius 3 is 2.71 bits per heavy atom. The molecular formula is C9H6F2N2O. The number of aryl methyl sites for hydroxylation is 1. The summed E-state index contributed by atoms with van der Waals surface area (Å²) < 4.78 is 24.7. The largest absolute Gasteiger partial charge is 0.298 e. The summed E-state index contributed by atoms with van der Waals surface area (Å²) in [6.07, 6.45) is -1.29. The van der Waals surface area contributed by atoms with Gasteiger partial charge in [-0.25, -0.2) is 8.78 Å². The van der Waals surface area contributed by atoms with Gasteiger partial charge in [-0.05, 0) is 12.5 Å². The summed E-state index contributed by atoms with van der Waals surface area (Å²) in [6, 6.07) is 1.56. The number of aromatic nitrogens is 1. The van der Waals surface area contributed by atoms with Crippen LogP contribution in [0.4, 0.5) is 8.78 Å². The Hall–Kier alpha value is -1.83. The summed E-state index contributed by atoms with van der Waals surface area (Å²) in [4.78, 5) is 14.0. The molecule has 0 N–H and O–H groups in total. The third-order valence-corrected chi connectivity index (χ3v) is 1.78. The van der Waals surface area contributed by atoms with Gasteiger partial charge in [-0.3, -0.25) is 9.78 Å². The molecule has 1 aromatic rings. The number of nitriles is 1. The zero-order chi connectivity index (χ0) is 10.7. The van der Waals surface area contributed by atoms with Crippen molar-refractivity contribution < 1.29 is 13.6 Å². The van der Waals surface area contributed by atoms with Crippen molar-refractivity contribution in [1.29, 1.82) is 5.26 Å². The first kappa shape index (κ1) is 10.3. The smallest absolute Gasteiger partial charge is 0.281 e. The zero-order valence-electron chi connectivity index (χ0n) is 7.29. The number of aldehydes is 1. The van der Waals surface area contributed by atoms with Crippen LogP contribution in [-0.2, 0) is 0 Å². The molecule has 0 aliphatic carbocycles. The van der Waals surface area contributed by atoms with Crippen LogP contribution in [0.3, 0.4) is 0 Å². The number of pyridine rings is 1. The molecule has 1 aromatic heterocycles. The van der Waals surface area contributed by atoms with Crippen LogP contribution in [0.1, 0.15) is 33.6 Å². The molecule has 0 saturated carbocycles. The molecule has 0 bridgehead atoms. The lowest BCUT2D eigenvalue weighted by Gasteiger charge is -2.05. The molecule has 0 aromatic carbocycles. The van der Waals surface area contributed by atoms with Crippen molar-refractivity contribution in [2.45, 2.75) is 13.3 Å². The molecule has 0 amide bonds. The molecule has 14 heavy (non-hydrogen) atoms. The summed E-state index contributed by atoms with van der Waals surface area (Å²) in [6.45, 7) is 1.53. The first-order chi connectivity index (χ1) is 6.61. The summed E-state index contributed by atoms with van der Waals surface area (Å²) >= 11 is 0. The molecule has 0 radical (unpaired) electrons. The lowest BCUT2D eigenvalue weighted by molar-refractivity contribution is 0.112. The van der Waals surface area contributed by atoms with Gasteiger partial charge in [0.2, 0.25) is 0 Å². The van der Waals surface area contributed by atoms with E-state index in [9.17, 15) is 13.6 Å². The second-order valence-corrected chi connectivity index (χ2v) is 2.65. The molecular weight excluding hydrogens is 190 g/mol. The van der Waals surface area contributed by atoms with Crippen molar-refractivity contribution in [3.8, 4) is 6.07 Å². The van der Waals surface area contributed by atoms with Crippen molar-refractivity contribution in [2.24, 2.45) is 0 Å².